The van der Waals surface area contributed by atoms with E-state index in [0.29, 0.717) is 24.6 Å². The monoisotopic (exact) mass is 366 g/mol. The van der Waals surface area contributed by atoms with Crippen molar-refractivity contribution < 1.29 is 12.9 Å². The standard InChI is InChI=1S/C15H15ClN4O3S/c1-10-18-14(19-23-10)15(6-2-3-7-15)20-24(21,22)12-5-4-11(9-17)13(16)8-12/h4-5,8,20H,2-3,6-7H2,1H3. The van der Waals surface area contributed by atoms with E-state index in [4.69, 9.17) is 21.4 Å². The Hall–Kier alpha value is -1.95. The van der Waals surface area contributed by atoms with Gasteiger partial charge in [-0.05, 0) is 31.0 Å². The Balaban J connectivity index is 1.98. The highest BCUT2D eigenvalue weighted by Gasteiger charge is 2.43. The molecule has 7 nitrogen and oxygen atoms in total. The van der Waals surface area contributed by atoms with Gasteiger partial charge in [0.05, 0.1) is 21.0 Å². The molecule has 0 aliphatic heterocycles. The Bertz CT molecular complexity index is 911. The van der Waals surface area contributed by atoms with Crippen molar-refractivity contribution in [1.82, 2.24) is 14.9 Å². The van der Waals surface area contributed by atoms with Crippen molar-refractivity contribution >= 4 is 21.6 Å². The number of rotatable bonds is 4. The first-order chi connectivity index (χ1) is 11.4. The zero-order valence-electron chi connectivity index (χ0n) is 12.9. The second kappa shape index (κ2) is 6.16. The Kier molecular flexibility index (Phi) is 4.34. The van der Waals surface area contributed by atoms with Gasteiger partial charge in [-0.1, -0.05) is 29.6 Å². The maximum Gasteiger partial charge on any atom is 0.241 e. The Morgan fingerprint density at radius 2 is 2.08 bits per heavy atom. The average Bonchev–Trinajstić information content (AvgIpc) is 3.17. The Morgan fingerprint density at radius 1 is 1.38 bits per heavy atom. The van der Waals surface area contributed by atoms with Crippen molar-refractivity contribution in [2.45, 2.75) is 43.0 Å². The summed E-state index contributed by atoms with van der Waals surface area (Å²) in [6.45, 7) is 1.66. The van der Waals surface area contributed by atoms with E-state index in [0.717, 1.165) is 12.8 Å². The maximum atomic E-state index is 12.8. The summed E-state index contributed by atoms with van der Waals surface area (Å²) in [6.07, 6.45) is 2.92. The zero-order valence-corrected chi connectivity index (χ0v) is 14.5. The lowest BCUT2D eigenvalue weighted by Crippen LogP contribution is -2.44. The Labute approximate surface area is 144 Å². The molecule has 3 rings (SSSR count). The summed E-state index contributed by atoms with van der Waals surface area (Å²) in [5.74, 6) is 0.734. The van der Waals surface area contributed by atoms with Crippen molar-refractivity contribution in [1.29, 1.82) is 5.26 Å². The van der Waals surface area contributed by atoms with Gasteiger partial charge in [0.25, 0.3) is 0 Å². The predicted molar refractivity (Wildman–Crippen MR) is 85.7 cm³/mol. The summed E-state index contributed by atoms with van der Waals surface area (Å²) in [6, 6.07) is 5.92. The molecule has 0 amide bonds. The van der Waals surface area contributed by atoms with Gasteiger partial charge in [0.1, 0.15) is 6.07 Å². The molecule has 126 valence electrons. The van der Waals surface area contributed by atoms with Crippen LogP contribution in [0.25, 0.3) is 0 Å². The number of nitrogens with zero attached hydrogens (tertiary/aromatic N) is 3. The molecule has 1 N–H and O–H groups in total. The molecular formula is C15H15ClN4O3S. The third-order valence-corrected chi connectivity index (χ3v) is 5.96. The smallest absolute Gasteiger partial charge is 0.241 e. The van der Waals surface area contributed by atoms with Gasteiger partial charge in [0.15, 0.2) is 5.82 Å². The van der Waals surface area contributed by atoms with Gasteiger partial charge in [-0.15, -0.1) is 0 Å². The van der Waals surface area contributed by atoms with Gasteiger partial charge < -0.3 is 4.52 Å². The quantitative estimate of drug-likeness (QED) is 0.890. The molecule has 1 saturated carbocycles. The van der Waals surface area contributed by atoms with Gasteiger partial charge in [-0.2, -0.15) is 15.0 Å². The van der Waals surface area contributed by atoms with Crippen LogP contribution < -0.4 is 4.72 Å². The second-order valence-corrected chi connectivity index (χ2v) is 7.87. The van der Waals surface area contributed by atoms with Crippen LogP contribution in [0.1, 0.15) is 43.0 Å². The summed E-state index contributed by atoms with van der Waals surface area (Å²) in [7, 11) is -3.85. The van der Waals surface area contributed by atoms with E-state index in [9.17, 15) is 8.42 Å². The molecule has 1 aliphatic carbocycles. The minimum Gasteiger partial charge on any atom is -0.340 e. The van der Waals surface area contributed by atoms with E-state index in [1.807, 2.05) is 6.07 Å². The van der Waals surface area contributed by atoms with Crippen LogP contribution in [0.15, 0.2) is 27.6 Å². The number of nitrogens with one attached hydrogen (secondary N) is 1. The number of hydrogen-bond donors (Lipinski definition) is 1. The summed E-state index contributed by atoms with van der Waals surface area (Å²) in [5, 5.41) is 12.9. The van der Waals surface area contributed by atoms with Crippen LogP contribution >= 0.6 is 11.6 Å². The highest BCUT2D eigenvalue weighted by molar-refractivity contribution is 7.89. The number of nitriles is 1. The van der Waals surface area contributed by atoms with Crippen LogP contribution in [0.5, 0.6) is 0 Å². The van der Waals surface area contributed by atoms with Crippen LogP contribution in [-0.2, 0) is 15.6 Å². The first-order valence-corrected chi connectivity index (χ1v) is 9.27. The Morgan fingerprint density at radius 3 is 2.62 bits per heavy atom. The fraction of sp³-hybridized carbons (Fsp3) is 0.400. The third-order valence-electron chi connectivity index (χ3n) is 4.11. The summed E-state index contributed by atoms with van der Waals surface area (Å²) >= 11 is 5.95. The van der Waals surface area contributed by atoms with Crippen molar-refractivity contribution in [2.24, 2.45) is 0 Å². The molecule has 1 heterocycles. The number of halogens is 1. The van der Waals surface area contributed by atoms with Gasteiger partial charge in [0.2, 0.25) is 15.9 Å². The minimum atomic E-state index is -3.85. The van der Waals surface area contributed by atoms with E-state index in [1.54, 1.807) is 6.92 Å². The molecular weight excluding hydrogens is 352 g/mol. The molecule has 0 saturated heterocycles. The lowest BCUT2D eigenvalue weighted by Gasteiger charge is -2.26. The van der Waals surface area contributed by atoms with Crippen molar-refractivity contribution in [3.63, 3.8) is 0 Å². The normalized spacial score (nSPS) is 16.9. The van der Waals surface area contributed by atoms with E-state index >= 15 is 0 Å². The number of aryl methyl sites for hydroxylation is 1. The van der Waals surface area contributed by atoms with E-state index in [-0.39, 0.29) is 15.5 Å². The molecule has 1 aromatic carbocycles. The van der Waals surface area contributed by atoms with Crippen LogP contribution in [-0.4, -0.2) is 18.6 Å². The maximum absolute atomic E-state index is 12.8. The van der Waals surface area contributed by atoms with Crippen LogP contribution in [0.3, 0.4) is 0 Å². The lowest BCUT2D eigenvalue weighted by molar-refractivity contribution is 0.338. The van der Waals surface area contributed by atoms with Gasteiger partial charge >= 0.3 is 0 Å². The SMILES string of the molecule is Cc1nc(C2(NS(=O)(=O)c3ccc(C#N)c(Cl)c3)CCCC2)no1. The van der Waals surface area contributed by atoms with E-state index < -0.39 is 15.6 Å². The third kappa shape index (κ3) is 3.02. The highest BCUT2D eigenvalue weighted by Crippen LogP contribution is 2.38. The van der Waals surface area contributed by atoms with Crippen molar-refractivity contribution in [3.8, 4) is 6.07 Å². The van der Waals surface area contributed by atoms with E-state index in [1.165, 1.54) is 18.2 Å². The molecule has 1 aliphatic rings. The minimum absolute atomic E-state index is 0.00186. The largest absolute Gasteiger partial charge is 0.340 e. The average molecular weight is 367 g/mol. The predicted octanol–water partition coefficient (Wildman–Crippen LogP) is 2.65. The molecule has 24 heavy (non-hydrogen) atoms. The molecule has 0 spiro atoms. The molecule has 0 bridgehead atoms. The highest BCUT2D eigenvalue weighted by atomic mass is 35.5. The summed E-state index contributed by atoms with van der Waals surface area (Å²) < 4.78 is 33.3. The molecule has 0 unspecified atom stereocenters. The van der Waals surface area contributed by atoms with E-state index in [2.05, 4.69) is 14.9 Å². The number of aromatic nitrogens is 2. The molecule has 2 aromatic rings. The van der Waals surface area contributed by atoms with Crippen LogP contribution in [0, 0.1) is 18.3 Å². The first-order valence-electron chi connectivity index (χ1n) is 7.41. The fourth-order valence-corrected chi connectivity index (χ4v) is 4.65. The topological polar surface area (TPSA) is 109 Å². The molecule has 1 fully saturated rings. The summed E-state index contributed by atoms with van der Waals surface area (Å²) in [4.78, 5) is 4.21. The number of benzene rings is 1. The van der Waals surface area contributed by atoms with Crippen molar-refractivity contribution in [2.75, 3.05) is 0 Å². The van der Waals surface area contributed by atoms with Gasteiger partial charge in [0, 0.05) is 6.92 Å². The zero-order chi connectivity index (χ0) is 17.4. The van der Waals surface area contributed by atoms with Gasteiger partial charge in [-0.3, -0.25) is 0 Å². The number of hydrogen-bond acceptors (Lipinski definition) is 6. The number of sulfonamides is 1. The molecule has 1 aromatic heterocycles. The second-order valence-electron chi connectivity index (χ2n) is 5.79. The molecule has 9 heteroatoms. The van der Waals surface area contributed by atoms with Crippen molar-refractivity contribution in [3.05, 3.63) is 40.5 Å². The summed E-state index contributed by atoms with van der Waals surface area (Å²) in [5.41, 5.74) is -0.656. The van der Waals surface area contributed by atoms with Gasteiger partial charge in [-0.25, -0.2) is 8.42 Å². The van der Waals surface area contributed by atoms with Crippen LogP contribution in [0.2, 0.25) is 5.02 Å². The molecule has 0 radical (unpaired) electrons. The van der Waals surface area contributed by atoms with Crippen LogP contribution in [0.4, 0.5) is 0 Å². The first kappa shape index (κ1) is 16.9. The lowest BCUT2D eigenvalue weighted by atomic mass is 9.99. The molecule has 0 atom stereocenters. The fourth-order valence-electron chi connectivity index (χ4n) is 2.91.